The van der Waals surface area contributed by atoms with Crippen LogP contribution in [0.3, 0.4) is 0 Å². The molecule has 5 N–H and O–H groups in total. The molecule has 1 aromatic rings. The van der Waals surface area contributed by atoms with Crippen LogP contribution in [0.15, 0.2) is 30.2 Å². The van der Waals surface area contributed by atoms with E-state index in [0.29, 0.717) is 18.7 Å². The predicted molar refractivity (Wildman–Crippen MR) is 96.7 cm³/mol. The van der Waals surface area contributed by atoms with Crippen molar-refractivity contribution in [1.29, 1.82) is 5.41 Å². The maximum absolute atomic E-state index is 12.6. The number of carbonyl (C=O) groups excluding carboxylic acids is 3. The van der Waals surface area contributed by atoms with Gasteiger partial charge in [-0.25, -0.2) is 0 Å². The van der Waals surface area contributed by atoms with E-state index in [9.17, 15) is 14.4 Å². The average molecular weight is 358 g/mol. The van der Waals surface area contributed by atoms with Crippen molar-refractivity contribution < 1.29 is 14.4 Å². The lowest BCUT2D eigenvalue weighted by molar-refractivity contribution is -0.145. The van der Waals surface area contributed by atoms with Gasteiger partial charge >= 0.3 is 11.8 Å². The monoisotopic (exact) mass is 358 g/mol. The van der Waals surface area contributed by atoms with Gasteiger partial charge in [-0.15, -0.1) is 0 Å². The quantitative estimate of drug-likeness (QED) is 0.441. The van der Waals surface area contributed by atoms with E-state index in [0.717, 1.165) is 19.1 Å². The molecule has 0 aliphatic carbocycles. The Morgan fingerprint density at radius 3 is 2.77 bits per heavy atom. The van der Waals surface area contributed by atoms with Crippen LogP contribution in [-0.2, 0) is 9.59 Å². The van der Waals surface area contributed by atoms with Crippen molar-refractivity contribution in [2.24, 2.45) is 5.73 Å². The van der Waals surface area contributed by atoms with Crippen LogP contribution in [-0.4, -0.2) is 53.5 Å². The van der Waals surface area contributed by atoms with E-state index in [4.69, 9.17) is 11.1 Å². The van der Waals surface area contributed by atoms with E-state index >= 15 is 0 Å². The molecule has 1 fully saturated rings. The molecular formula is C17H22N6O3. The molecule has 0 aromatic carbocycles. The van der Waals surface area contributed by atoms with E-state index in [1.807, 2.05) is 0 Å². The third-order valence-corrected chi connectivity index (χ3v) is 4.15. The molecule has 138 valence electrons. The molecule has 9 nitrogen and oxygen atoms in total. The average Bonchev–Trinajstić information content (AvgIpc) is 2.65. The second-order valence-corrected chi connectivity index (χ2v) is 5.83. The van der Waals surface area contributed by atoms with Gasteiger partial charge in [0.15, 0.2) is 0 Å². The van der Waals surface area contributed by atoms with Gasteiger partial charge in [0.2, 0.25) is 5.91 Å². The van der Waals surface area contributed by atoms with Crippen LogP contribution in [0.1, 0.15) is 29.6 Å². The van der Waals surface area contributed by atoms with Crippen molar-refractivity contribution >= 4 is 29.6 Å². The first-order valence-corrected chi connectivity index (χ1v) is 8.23. The molecule has 1 aliphatic heterocycles. The van der Waals surface area contributed by atoms with Gasteiger partial charge in [0.1, 0.15) is 0 Å². The maximum Gasteiger partial charge on any atom is 0.313 e. The number of allylic oxidation sites excluding steroid dienone is 1. The number of amides is 3. The summed E-state index contributed by atoms with van der Waals surface area (Å²) in [5, 5.41) is 12.7. The van der Waals surface area contributed by atoms with E-state index in [1.54, 1.807) is 13.1 Å². The van der Waals surface area contributed by atoms with Gasteiger partial charge in [0.05, 0.1) is 23.5 Å². The summed E-state index contributed by atoms with van der Waals surface area (Å²) in [5.41, 5.74) is 6.25. The van der Waals surface area contributed by atoms with Crippen LogP contribution < -0.4 is 16.4 Å². The third kappa shape index (κ3) is 4.44. The molecule has 2 rings (SSSR count). The summed E-state index contributed by atoms with van der Waals surface area (Å²) in [4.78, 5) is 41.5. The van der Waals surface area contributed by atoms with E-state index < -0.39 is 17.7 Å². The summed E-state index contributed by atoms with van der Waals surface area (Å²) in [6, 6.07) is 1.08. The fourth-order valence-corrected chi connectivity index (χ4v) is 2.91. The normalized spacial score (nSPS) is 17.3. The predicted octanol–water partition coefficient (Wildman–Crippen LogP) is 0.253. The Morgan fingerprint density at radius 2 is 2.12 bits per heavy atom. The lowest BCUT2D eigenvalue weighted by Crippen LogP contribution is -2.50. The number of nitrogens with zero attached hydrogens (tertiary/aromatic N) is 2. The number of carbonyl (C=O) groups is 3. The zero-order valence-corrected chi connectivity index (χ0v) is 14.5. The summed E-state index contributed by atoms with van der Waals surface area (Å²) in [5.74, 6) is -2.16. The number of piperidine rings is 1. The van der Waals surface area contributed by atoms with E-state index in [-0.39, 0.29) is 17.3 Å². The first kappa shape index (κ1) is 19.1. The minimum Gasteiger partial charge on any atom is -0.390 e. The zero-order valence-electron chi connectivity index (χ0n) is 14.5. The smallest absolute Gasteiger partial charge is 0.313 e. The number of nitrogens with two attached hydrogens (primary N) is 1. The zero-order chi connectivity index (χ0) is 19.1. The molecule has 0 spiro atoms. The second-order valence-electron chi connectivity index (χ2n) is 5.83. The summed E-state index contributed by atoms with van der Waals surface area (Å²) in [6.07, 6.45) is 7.77. The Bertz CT molecular complexity index is 746. The third-order valence-electron chi connectivity index (χ3n) is 4.15. The van der Waals surface area contributed by atoms with Gasteiger partial charge in [-0.2, -0.15) is 0 Å². The highest BCUT2D eigenvalue weighted by Gasteiger charge is 2.32. The Labute approximate surface area is 151 Å². The molecule has 1 aromatic heterocycles. The lowest BCUT2D eigenvalue weighted by atomic mass is 9.98. The summed E-state index contributed by atoms with van der Waals surface area (Å²) in [7, 11) is 1.72. The van der Waals surface area contributed by atoms with Crippen LogP contribution in [0.2, 0.25) is 0 Å². The van der Waals surface area contributed by atoms with E-state index in [1.165, 1.54) is 23.4 Å². The Kier molecular flexibility index (Phi) is 6.42. The number of aromatic nitrogens is 1. The number of likely N-dealkylation sites (N-methyl/N-ethyl adjacent to an activating group) is 1. The molecule has 1 saturated heterocycles. The molecule has 0 unspecified atom stereocenters. The van der Waals surface area contributed by atoms with E-state index in [2.05, 4.69) is 15.6 Å². The van der Waals surface area contributed by atoms with Gasteiger partial charge in [-0.05, 0) is 31.4 Å². The molecule has 9 heteroatoms. The van der Waals surface area contributed by atoms with Crippen LogP contribution in [0.25, 0.3) is 0 Å². The number of anilines is 1. The minimum atomic E-state index is -0.814. The molecular weight excluding hydrogens is 336 g/mol. The number of hydrogen-bond acceptors (Lipinski definition) is 6. The van der Waals surface area contributed by atoms with Crippen molar-refractivity contribution in [1.82, 2.24) is 15.2 Å². The highest BCUT2D eigenvalue weighted by molar-refractivity contribution is 6.39. The number of rotatable bonds is 5. The largest absolute Gasteiger partial charge is 0.390 e. The highest BCUT2D eigenvalue weighted by atomic mass is 16.2. The number of primary amides is 1. The van der Waals surface area contributed by atoms with Crippen LogP contribution >= 0.6 is 0 Å². The van der Waals surface area contributed by atoms with Crippen molar-refractivity contribution in [3.8, 4) is 0 Å². The Morgan fingerprint density at radius 1 is 1.35 bits per heavy atom. The van der Waals surface area contributed by atoms with Gasteiger partial charge in [-0.3, -0.25) is 19.4 Å². The number of pyridine rings is 1. The molecule has 0 bridgehead atoms. The lowest BCUT2D eigenvalue weighted by Gasteiger charge is -2.36. The molecule has 3 amide bonds. The van der Waals surface area contributed by atoms with Gasteiger partial charge in [-0.1, -0.05) is 0 Å². The summed E-state index contributed by atoms with van der Waals surface area (Å²) >= 11 is 0. The number of likely N-dealkylation sites (tertiary alicyclic amines) is 1. The topological polar surface area (TPSA) is 141 Å². The Hall–Kier alpha value is -3.23. The molecule has 0 saturated carbocycles. The summed E-state index contributed by atoms with van der Waals surface area (Å²) < 4.78 is 0. The second kappa shape index (κ2) is 8.75. The van der Waals surface area contributed by atoms with Gasteiger partial charge in [0.25, 0.3) is 0 Å². The number of nitrogens with one attached hydrogen (secondary N) is 3. The van der Waals surface area contributed by atoms with Crippen molar-refractivity contribution in [3.63, 3.8) is 0 Å². The van der Waals surface area contributed by atoms with Crippen molar-refractivity contribution in [3.05, 3.63) is 35.8 Å². The molecule has 26 heavy (non-hydrogen) atoms. The standard InChI is InChI=1S/C17H22N6O3/c1-20-13(5-6-18)14-4-2-3-7-23(14)17(26)16(25)22-12-8-11(15(19)24)9-21-10-12/h5-6,8-10,14,18,20H,2-4,7H2,1H3,(H2,19,24)(H,22,25)/b13-5-,18-6?/t14-/m0/s1. The van der Waals surface area contributed by atoms with Gasteiger partial charge < -0.3 is 26.7 Å². The molecule has 1 aliphatic rings. The number of hydrogen-bond donors (Lipinski definition) is 4. The fraction of sp³-hybridized carbons (Fsp3) is 0.353. The molecule has 0 radical (unpaired) electrons. The highest BCUT2D eigenvalue weighted by Crippen LogP contribution is 2.22. The van der Waals surface area contributed by atoms with Crippen molar-refractivity contribution in [2.75, 3.05) is 18.9 Å². The maximum atomic E-state index is 12.6. The van der Waals surface area contributed by atoms with Gasteiger partial charge in [0, 0.05) is 31.7 Å². The molecule has 1 atom stereocenters. The summed E-state index contributed by atoms with van der Waals surface area (Å²) in [6.45, 7) is 0.452. The van der Waals surface area contributed by atoms with Crippen molar-refractivity contribution in [2.45, 2.75) is 25.3 Å². The van der Waals surface area contributed by atoms with Crippen LogP contribution in [0.5, 0.6) is 0 Å². The fourth-order valence-electron chi connectivity index (χ4n) is 2.91. The Balaban J connectivity index is 2.16. The SMILES string of the molecule is CN/C(=C\C=N)[C@@H]1CCCCN1C(=O)C(=O)Nc1cncc(C(N)=O)c1. The minimum absolute atomic E-state index is 0.137. The van der Waals surface area contributed by atoms with Crippen LogP contribution in [0, 0.1) is 5.41 Å². The first-order valence-electron chi connectivity index (χ1n) is 8.23. The van der Waals surface area contributed by atoms with Crippen LogP contribution in [0.4, 0.5) is 5.69 Å². The first-order chi connectivity index (χ1) is 12.5. The molecule has 2 heterocycles.